The van der Waals surface area contributed by atoms with Crippen molar-refractivity contribution in [2.45, 2.75) is 19.6 Å². The first-order valence-corrected chi connectivity index (χ1v) is 8.50. The first-order chi connectivity index (χ1) is 10.7. The highest BCUT2D eigenvalue weighted by Crippen LogP contribution is 2.39. The van der Waals surface area contributed by atoms with Gasteiger partial charge in [-0.2, -0.15) is 0 Å². The number of hydrogen-bond acceptors (Lipinski definition) is 4. The maximum atomic E-state index is 5.86. The van der Waals surface area contributed by atoms with Crippen molar-refractivity contribution in [2.75, 3.05) is 11.5 Å². The van der Waals surface area contributed by atoms with Gasteiger partial charge in [-0.05, 0) is 54.6 Å². The zero-order valence-corrected chi connectivity index (χ0v) is 13.5. The van der Waals surface area contributed by atoms with E-state index in [4.69, 9.17) is 11.5 Å². The van der Waals surface area contributed by atoms with Crippen LogP contribution in [-0.2, 0) is 0 Å². The first-order valence-electron chi connectivity index (χ1n) is 6.86. The van der Waals surface area contributed by atoms with Crippen molar-refractivity contribution in [3.05, 3.63) is 72.8 Å². The van der Waals surface area contributed by atoms with Gasteiger partial charge in [0, 0.05) is 31.0 Å². The molecule has 0 amide bonds. The second kappa shape index (κ2) is 6.81. The molecule has 110 valence electrons. The van der Waals surface area contributed by atoms with Crippen molar-refractivity contribution in [1.29, 1.82) is 0 Å². The molecule has 0 aliphatic heterocycles. The van der Waals surface area contributed by atoms with Gasteiger partial charge in [0.2, 0.25) is 0 Å². The molecule has 0 atom stereocenters. The fourth-order valence-electron chi connectivity index (χ4n) is 1.99. The summed E-state index contributed by atoms with van der Waals surface area (Å²) in [5.41, 5.74) is 13.2. The third-order valence-corrected chi connectivity index (χ3v) is 5.32. The van der Waals surface area contributed by atoms with E-state index in [1.165, 1.54) is 14.7 Å². The number of hydrogen-bond donors (Lipinski definition) is 2. The molecule has 0 unspecified atom stereocenters. The second-order valence-corrected chi connectivity index (χ2v) is 7.02. The first kappa shape index (κ1) is 14.9. The molecule has 4 heteroatoms. The zero-order valence-electron chi connectivity index (χ0n) is 11.9. The maximum absolute atomic E-state index is 5.86. The average molecular weight is 324 g/mol. The summed E-state index contributed by atoms with van der Waals surface area (Å²) < 4.78 is 0. The third-order valence-electron chi connectivity index (χ3n) is 3.04. The second-order valence-electron chi connectivity index (χ2n) is 4.79. The quantitative estimate of drug-likeness (QED) is 0.651. The van der Waals surface area contributed by atoms with Crippen LogP contribution in [0.2, 0.25) is 0 Å². The summed E-state index contributed by atoms with van der Waals surface area (Å²) in [7, 11) is 0. The van der Waals surface area contributed by atoms with E-state index in [1.807, 2.05) is 42.5 Å². The van der Waals surface area contributed by atoms with Crippen molar-refractivity contribution >= 4 is 34.9 Å². The summed E-state index contributed by atoms with van der Waals surface area (Å²) in [5, 5.41) is 0. The van der Waals surface area contributed by atoms with Gasteiger partial charge < -0.3 is 11.5 Å². The summed E-state index contributed by atoms with van der Waals surface area (Å²) in [4.78, 5) is 4.76. The van der Waals surface area contributed by atoms with Gasteiger partial charge >= 0.3 is 0 Å². The fourth-order valence-corrected chi connectivity index (χ4v) is 3.99. The van der Waals surface area contributed by atoms with Gasteiger partial charge in [0.15, 0.2) is 0 Å². The van der Waals surface area contributed by atoms with Crippen molar-refractivity contribution in [3.8, 4) is 0 Å². The molecule has 0 aliphatic rings. The Bertz CT molecular complexity index is 770. The predicted octanol–water partition coefficient (Wildman–Crippen LogP) is 5.15. The Balaban J connectivity index is 1.85. The Morgan fingerprint density at radius 1 is 0.545 bits per heavy atom. The van der Waals surface area contributed by atoms with Crippen LogP contribution in [0.15, 0.2) is 92.4 Å². The van der Waals surface area contributed by atoms with Gasteiger partial charge in [-0.1, -0.05) is 41.7 Å². The molecule has 4 N–H and O–H groups in total. The van der Waals surface area contributed by atoms with Gasteiger partial charge in [0.05, 0.1) is 0 Å². The maximum Gasteiger partial charge on any atom is 0.0325 e. The lowest BCUT2D eigenvalue weighted by Gasteiger charge is -2.09. The van der Waals surface area contributed by atoms with Crippen molar-refractivity contribution in [1.82, 2.24) is 0 Å². The molecule has 3 aromatic carbocycles. The number of anilines is 2. The van der Waals surface area contributed by atoms with Gasteiger partial charge in [-0.3, -0.25) is 0 Å². The minimum Gasteiger partial charge on any atom is -0.399 e. The SMILES string of the molecule is Nc1ccc(Sc2ccccc2Sc2cccc(N)c2)cc1. The highest BCUT2D eigenvalue weighted by atomic mass is 32.2. The van der Waals surface area contributed by atoms with E-state index in [9.17, 15) is 0 Å². The van der Waals surface area contributed by atoms with Gasteiger partial charge in [-0.25, -0.2) is 0 Å². The van der Waals surface area contributed by atoms with Crippen LogP contribution >= 0.6 is 23.5 Å². The monoisotopic (exact) mass is 324 g/mol. The van der Waals surface area contributed by atoms with Crippen LogP contribution in [0, 0.1) is 0 Å². The van der Waals surface area contributed by atoms with Crippen LogP contribution in [0.5, 0.6) is 0 Å². The largest absolute Gasteiger partial charge is 0.399 e. The summed E-state index contributed by atoms with van der Waals surface area (Å²) >= 11 is 3.46. The third kappa shape index (κ3) is 3.78. The molecular weight excluding hydrogens is 308 g/mol. The number of benzene rings is 3. The van der Waals surface area contributed by atoms with E-state index in [2.05, 4.69) is 30.3 Å². The molecule has 0 heterocycles. The lowest BCUT2D eigenvalue weighted by atomic mass is 10.3. The van der Waals surface area contributed by atoms with Crippen LogP contribution < -0.4 is 11.5 Å². The normalized spacial score (nSPS) is 10.5. The Morgan fingerprint density at radius 3 is 1.82 bits per heavy atom. The van der Waals surface area contributed by atoms with E-state index in [0.717, 1.165) is 16.3 Å². The molecule has 0 aliphatic carbocycles. The molecule has 0 fully saturated rings. The summed E-state index contributed by atoms with van der Waals surface area (Å²) in [6.45, 7) is 0. The number of nitrogen functional groups attached to an aromatic ring is 2. The molecule has 0 radical (unpaired) electrons. The average Bonchev–Trinajstić information content (AvgIpc) is 2.51. The van der Waals surface area contributed by atoms with Crippen molar-refractivity contribution < 1.29 is 0 Å². The molecule has 0 bridgehead atoms. The van der Waals surface area contributed by atoms with Crippen LogP contribution in [0.3, 0.4) is 0 Å². The minimum absolute atomic E-state index is 0.784. The Labute approximate surface area is 138 Å². The molecular formula is C18H16N2S2. The molecule has 22 heavy (non-hydrogen) atoms. The molecule has 0 saturated carbocycles. The van der Waals surface area contributed by atoms with E-state index in [-0.39, 0.29) is 0 Å². The Morgan fingerprint density at radius 2 is 1.18 bits per heavy atom. The lowest BCUT2D eigenvalue weighted by molar-refractivity contribution is 1.23. The molecule has 0 saturated heterocycles. The molecule has 3 rings (SSSR count). The van der Waals surface area contributed by atoms with E-state index in [1.54, 1.807) is 23.5 Å². The number of nitrogens with two attached hydrogens (primary N) is 2. The summed E-state index contributed by atoms with van der Waals surface area (Å²) in [6, 6.07) is 24.3. The minimum atomic E-state index is 0.784. The van der Waals surface area contributed by atoms with Crippen LogP contribution in [0.25, 0.3) is 0 Å². The van der Waals surface area contributed by atoms with E-state index < -0.39 is 0 Å². The molecule has 2 nitrogen and oxygen atoms in total. The standard InChI is InChI=1S/C18H16N2S2/c19-13-8-10-15(11-9-13)21-17-6-1-2-7-18(17)22-16-5-3-4-14(20)12-16/h1-12H,19-20H2. The smallest absolute Gasteiger partial charge is 0.0325 e. The highest BCUT2D eigenvalue weighted by Gasteiger charge is 2.06. The zero-order chi connectivity index (χ0) is 15.4. The fraction of sp³-hybridized carbons (Fsp3) is 0. The van der Waals surface area contributed by atoms with Gasteiger partial charge in [0.25, 0.3) is 0 Å². The topological polar surface area (TPSA) is 52.0 Å². The van der Waals surface area contributed by atoms with Crippen molar-refractivity contribution in [2.24, 2.45) is 0 Å². The lowest BCUT2D eigenvalue weighted by Crippen LogP contribution is -1.85. The Hall–Kier alpha value is -2.04. The van der Waals surface area contributed by atoms with Crippen LogP contribution in [0.4, 0.5) is 11.4 Å². The summed E-state index contributed by atoms with van der Waals surface area (Å²) in [5.74, 6) is 0. The highest BCUT2D eigenvalue weighted by molar-refractivity contribution is 8.02. The molecule has 0 spiro atoms. The van der Waals surface area contributed by atoms with Crippen LogP contribution in [-0.4, -0.2) is 0 Å². The summed E-state index contributed by atoms with van der Waals surface area (Å²) in [6.07, 6.45) is 0. The van der Waals surface area contributed by atoms with Gasteiger partial charge in [0.1, 0.15) is 0 Å². The molecule has 3 aromatic rings. The van der Waals surface area contributed by atoms with E-state index in [0.29, 0.717) is 0 Å². The number of rotatable bonds is 4. The van der Waals surface area contributed by atoms with Crippen molar-refractivity contribution in [3.63, 3.8) is 0 Å². The van der Waals surface area contributed by atoms with Gasteiger partial charge in [-0.15, -0.1) is 0 Å². The Kier molecular flexibility index (Phi) is 4.61. The van der Waals surface area contributed by atoms with Crippen LogP contribution in [0.1, 0.15) is 0 Å². The molecule has 0 aromatic heterocycles. The predicted molar refractivity (Wildman–Crippen MR) is 96.4 cm³/mol. The van der Waals surface area contributed by atoms with E-state index >= 15 is 0 Å².